The molecule has 0 amide bonds. The lowest BCUT2D eigenvalue weighted by Gasteiger charge is -2.26. The van der Waals surface area contributed by atoms with Crippen LogP contribution in [0.3, 0.4) is 0 Å². The molecule has 2 heterocycles. The first-order valence-corrected chi connectivity index (χ1v) is 14.5. The minimum atomic E-state index is 0.256. The summed E-state index contributed by atoms with van der Waals surface area (Å²) < 4.78 is 7.94. The Bertz CT molecular complexity index is 1470. The number of methoxy groups -OCH3 is 1. The van der Waals surface area contributed by atoms with Gasteiger partial charge in [0.25, 0.3) is 0 Å². The Balaban J connectivity index is 1.69. The number of ether oxygens (including phenoxy) is 1. The third kappa shape index (κ3) is 7.24. The number of fused-ring (bicyclic) bond motifs is 1. The maximum absolute atomic E-state index is 13.2. The number of carbonyl (C=O) groups is 1. The number of anilines is 3. The second kappa shape index (κ2) is 13.6. The number of aryl methyl sites for hydroxylation is 1. The summed E-state index contributed by atoms with van der Waals surface area (Å²) >= 11 is 0. The van der Waals surface area contributed by atoms with Crippen molar-refractivity contribution in [3.05, 3.63) is 60.4 Å². The van der Waals surface area contributed by atoms with Gasteiger partial charge in [0.05, 0.1) is 18.5 Å². The van der Waals surface area contributed by atoms with Gasteiger partial charge in [-0.15, -0.1) is 0 Å². The minimum Gasteiger partial charge on any atom is -0.494 e. The number of hydrogen-bond acceptors (Lipinski definition) is 7. The third-order valence-corrected chi connectivity index (χ3v) is 7.83. The molecular formula is C33H44N6O2. The van der Waals surface area contributed by atoms with E-state index in [2.05, 4.69) is 78.0 Å². The number of ketones is 1. The van der Waals surface area contributed by atoms with Crippen molar-refractivity contribution < 1.29 is 9.53 Å². The van der Waals surface area contributed by atoms with Gasteiger partial charge >= 0.3 is 0 Å². The van der Waals surface area contributed by atoms with E-state index in [1.165, 1.54) is 0 Å². The van der Waals surface area contributed by atoms with Crippen molar-refractivity contribution >= 4 is 34.0 Å². The molecule has 4 rings (SSSR count). The average Bonchev–Trinajstić information content (AvgIpc) is 3.31. The molecule has 0 unspecified atom stereocenters. The van der Waals surface area contributed by atoms with E-state index in [-0.39, 0.29) is 5.78 Å². The molecule has 1 N–H and O–H groups in total. The molecule has 2 aromatic heterocycles. The highest BCUT2D eigenvalue weighted by molar-refractivity contribution is 5.95. The summed E-state index contributed by atoms with van der Waals surface area (Å²) in [4.78, 5) is 26.9. The Morgan fingerprint density at radius 1 is 1.07 bits per heavy atom. The van der Waals surface area contributed by atoms with Gasteiger partial charge in [0.2, 0.25) is 5.95 Å². The quantitative estimate of drug-likeness (QED) is 0.195. The molecule has 4 aromatic rings. The van der Waals surface area contributed by atoms with Crippen molar-refractivity contribution in [1.82, 2.24) is 19.4 Å². The SMILES string of the molecule is CCC(CC)CC(=O)Cc1cc(Nc2nccc(-c3cn(C)c4ccccc34)n2)c(OC)cc1N(C)CCN(C)C. The highest BCUT2D eigenvalue weighted by Crippen LogP contribution is 2.36. The number of benzene rings is 2. The van der Waals surface area contributed by atoms with Crippen LogP contribution in [0.5, 0.6) is 5.75 Å². The zero-order valence-electron chi connectivity index (χ0n) is 25.6. The molecule has 0 fully saturated rings. The number of para-hydroxylation sites is 1. The lowest BCUT2D eigenvalue weighted by atomic mass is 9.93. The molecule has 0 saturated carbocycles. The summed E-state index contributed by atoms with van der Waals surface area (Å²) in [5, 5.41) is 4.53. The van der Waals surface area contributed by atoms with Crippen molar-refractivity contribution in [3.63, 3.8) is 0 Å². The van der Waals surface area contributed by atoms with Gasteiger partial charge in [0.15, 0.2) is 0 Å². The number of aromatic nitrogens is 3. The number of carbonyl (C=O) groups excluding carboxylic acids is 1. The summed E-state index contributed by atoms with van der Waals surface area (Å²) in [6, 6.07) is 14.3. The summed E-state index contributed by atoms with van der Waals surface area (Å²) in [6.07, 6.45) is 6.85. The average molecular weight is 557 g/mol. The first-order valence-electron chi connectivity index (χ1n) is 14.5. The smallest absolute Gasteiger partial charge is 0.227 e. The minimum absolute atomic E-state index is 0.256. The maximum Gasteiger partial charge on any atom is 0.227 e. The third-order valence-electron chi connectivity index (χ3n) is 7.83. The Morgan fingerprint density at radius 2 is 1.83 bits per heavy atom. The predicted molar refractivity (Wildman–Crippen MR) is 169 cm³/mol. The lowest BCUT2D eigenvalue weighted by Crippen LogP contribution is -2.29. The standard InChI is InChI=1S/C33H44N6O2/c1-8-23(9-2)18-25(40)19-24-20-29(32(41-7)21-31(24)38(5)17-16-37(3)4)36-33-34-15-14-28(35-33)27-22-39(6)30-13-11-10-12-26(27)30/h10-15,20-23H,8-9,16-19H2,1-7H3,(H,34,35,36). The van der Waals surface area contributed by atoms with Crippen LogP contribution < -0.4 is 15.0 Å². The molecule has 0 aliphatic carbocycles. The second-order valence-corrected chi connectivity index (χ2v) is 11.1. The van der Waals surface area contributed by atoms with Crippen LogP contribution in [0, 0.1) is 5.92 Å². The Labute approximate surface area is 244 Å². The predicted octanol–water partition coefficient (Wildman–Crippen LogP) is 6.32. The molecule has 218 valence electrons. The number of nitrogens with one attached hydrogen (secondary N) is 1. The Kier molecular flexibility index (Phi) is 10.00. The monoisotopic (exact) mass is 556 g/mol. The molecule has 0 atom stereocenters. The highest BCUT2D eigenvalue weighted by atomic mass is 16.5. The topological polar surface area (TPSA) is 75.5 Å². The molecule has 8 nitrogen and oxygen atoms in total. The van der Waals surface area contributed by atoms with E-state index in [0.717, 1.165) is 65.0 Å². The van der Waals surface area contributed by atoms with E-state index in [1.54, 1.807) is 13.3 Å². The Morgan fingerprint density at radius 3 is 2.54 bits per heavy atom. The van der Waals surface area contributed by atoms with Crippen LogP contribution in [0.25, 0.3) is 22.2 Å². The van der Waals surface area contributed by atoms with Gasteiger partial charge in [-0.05, 0) is 43.8 Å². The molecule has 41 heavy (non-hydrogen) atoms. The number of likely N-dealkylation sites (N-methyl/N-ethyl adjacent to an activating group) is 2. The molecular weight excluding hydrogens is 512 g/mol. The zero-order chi connectivity index (χ0) is 29.5. The van der Waals surface area contributed by atoms with E-state index >= 15 is 0 Å². The molecule has 8 heteroatoms. The van der Waals surface area contributed by atoms with Crippen LogP contribution in [-0.2, 0) is 18.3 Å². The molecule has 0 aliphatic heterocycles. The molecule has 0 radical (unpaired) electrons. The van der Waals surface area contributed by atoms with Gasteiger partial charge in [0.1, 0.15) is 11.5 Å². The molecule has 2 aromatic carbocycles. The van der Waals surface area contributed by atoms with Crippen LogP contribution in [0.4, 0.5) is 17.3 Å². The Hall–Kier alpha value is -3.91. The molecule has 0 aliphatic rings. The summed E-state index contributed by atoms with van der Waals surface area (Å²) in [7, 11) is 9.90. The maximum atomic E-state index is 13.2. The van der Waals surface area contributed by atoms with E-state index in [9.17, 15) is 4.79 Å². The van der Waals surface area contributed by atoms with E-state index in [1.807, 2.05) is 37.4 Å². The molecule has 0 spiro atoms. The fraction of sp³-hybridized carbons (Fsp3) is 0.424. The van der Waals surface area contributed by atoms with Crippen LogP contribution in [-0.4, -0.2) is 66.6 Å². The summed E-state index contributed by atoms with van der Waals surface area (Å²) in [5.41, 5.74) is 5.73. The van der Waals surface area contributed by atoms with Crippen LogP contribution in [0.2, 0.25) is 0 Å². The van der Waals surface area contributed by atoms with Gasteiger partial charge in [-0.1, -0.05) is 44.9 Å². The first kappa shape index (κ1) is 30.1. The van der Waals surface area contributed by atoms with Gasteiger partial charge in [-0.3, -0.25) is 4.79 Å². The van der Waals surface area contributed by atoms with E-state index < -0.39 is 0 Å². The second-order valence-electron chi connectivity index (χ2n) is 11.1. The fourth-order valence-electron chi connectivity index (χ4n) is 5.27. The van der Waals surface area contributed by atoms with Crippen molar-refractivity contribution in [3.8, 4) is 17.0 Å². The number of hydrogen-bond donors (Lipinski definition) is 1. The van der Waals surface area contributed by atoms with E-state index in [4.69, 9.17) is 9.72 Å². The summed E-state index contributed by atoms with van der Waals surface area (Å²) in [6.45, 7) is 6.04. The fourth-order valence-corrected chi connectivity index (χ4v) is 5.27. The number of nitrogens with zero attached hydrogens (tertiary/aromatic N) is 5. The van der Waals surface area contributed by atoms with Crippen molar-refractivity contribution in [2.24, 2.45) is 13.0 Å². The van der Waals surface area contributed by atoms with Crippen LogP contribution in [0.15, 0.2) is 54.9 Å². The van der Waals surface area contributed by atoms with Crippen molar-refractivity contribution in [1.29, 1.82) is 0 Å². The van der Waals surface area contributed by atoms with Crippen molar-refractivity contribution in [2.45, 2.75) is 39.5 Å². The highest BCUT2D eigenvalue weighted by Gasteiger charge is 2.19. The van der Waals surface area contributed by atoms with Crippen LogP contribution in [0.1, 0.15) is 38.7 Å². The van der Waals surface area contributed by atoms with Gasteiger partial charge < -0.3 is 24.4 Å². The summed E-state index contributed by atoms with van der Waals surface area (Å²) in [5.74, 6) is 1.81. The van der Waals surface area contributed by atoms with Gasteiger partial charge in [-0.2, -0.15) is 0 Å². The first-order chi connectivity index (χ1) is 19.7. The number of rotatable bonds is 14. The zero-order valence-corrected chi connectivity index (χ0v) is 25.6. The van der Waals surface area contributed by atoms with E-state index in [0.29, 0.717) is 30.5 Å². The van der Waals surface area contributed by atoms with Crippen molar-refractivity contribution in [2.75, 3.05) is 51.6 Å². The lowest BCUT2D eigenvalue weighted by molar-refractivity contribution is -0.119. The molecule has 0 saturated heterocycles. The van der Waals surface area contributed by atoms with Gasteiger partial charge in [-0.25, -0.2) is 9.97 Å². The normalized spacial score (nSPS) is 11.4. The molecule has 0 bridgehead atoms. The number of Topliss-reactive ketones (excluding diaryl/α,β-unsaturated/α-hetero) is 1. The van der Waals surface area contributed by atoms with Gasteiger partial charge in [0, 0.05) is 80.6 Å². The van der Waals surface area contributed by atoms with Crippen LogP contribution >= 0.6 is 0 Å². The largest absolute Gasteiger partial charge is 0.494 e.